The van der Waals surface area contributed by atoms with Gasteiger partial charge in [0.25, 0.3) is 0 Å². The second-order valence-electron chi connectivity index (χ2n) is 8.69. The van der Waals surface area contributed by atoms with E-state index < -0.39 is 13.9 Å². The van der Waals surface area contributed by atoms with E-state index in [0.717, 1.165) is 36.5 Å². The molecular formula is C22H35O5P. The number of rotatable bonds is 10. The van der Waals surface area contributed by atoms with Gasteiger partial charge in [-0.3, -0.25) is 4.57 Å². The van der Waals surface area contributed by atoms with Crippen molar-refractivity contribution in [3.8, 4) is 11.5 Å². The van der Waals surface area contributed by atoms with Crippen LogP contribution in [0.15, 0.2) is 30.4 Å². The Morgan fingerprint density at radius 3 is 2.71 bits per heavy atom. The average Bonchev–Trinajstić information content (AvgIpc) is 2.59. The van der Waals surface area contributed by atoms with Gasteiger partial charge in [0, 0.05) is 0 Å². The Labute approximate surface area is 169 Å². The Morgan fingerprint density at radius 1 is 1.29 bits per heavy atom. The van der Waals surface area contributed by atoms with Crippen LogP contribution >= 0.6 is 7.60 Å². The fourth-order valence-electron chi connectivity index (χ4n) is 3.44. The summed E-state index contributed by atoms with van der Waals surface area (Å²) in [5, 5.41) is 0. The molecule has 158 valence electrons. The molecule has 28 heavy (non-hydrogen) atoms. The predicted molar refractivity (Wildman–Crippen MR) is 113 cm³/mol. The van der Waals surface area contributed by atoms with E-state index in [1.165, 1.54) is 19.3 Å². The number of aryl methyl sites for hydroxylation is 1. The molecule has 0 radical (unpaired) electrons. The molecule has 1 heterocycles. The Balaban J connectivity index is 1.88. The van der Waals surface area contributed by atoms with Crippen molar-refractivity contribution in [2.75, 3.05) is 6.35 Å². The molecule has 2 atom stereocenters. The first kappa shape index (κ1) is 23.0. The molecule has 2 N–H and O–H groups in total. The quantitative estimate of drug-likeness (QED) is 0.383. The number of hydrogen-bond acceptors (Lipinski definition) is 3. The molecule has 0 saturated heterocycles. The van der Waals surface area contributed by atoms with E-state index in [-0.39, 0.29) is 5.60 Å². The first-order chi connectivity index (χ1) is 13.1. The molecule has 1 aromatic rings. The lowest BCUT2D eigenvalue weighted by molar-refractivity contribution is 0.114. The van der Waals surface area contributed by atoms with Crippen molar-refractivity contribution in [1.29, 1.82) is 0 Å². The predicted octanol–water partition coefficient (Wildman–Crippen LogP) is 5.69. The molecule has 1 aliphatic heterocycles. The molecule has 2 rings (SSSR count). The van der Waals surface area contributed by atoms with Crippen molar-refractivity contribution in [3.05, 3.63) is 35.9 Å². The van der Waals surface area contributed by atoms with E-state index in [4.69, 9.17) is 19.3 Å². The molecule has 0 amide bonds. The summed E-state index contributed by atoms with van der Waals surface area (Å²) < 4.78 is 22.4. The maximum Gasteiger partial charge on any atom is 0.362 e. The van der Waals surface area contributed by atoms with Crippen LogP contribution in [0, 0.1) is 11.8 Å². The van der Waals surface area contributed by atoms with Crippen molar-refractivity contribution in [1.82, 2.24) is 0 Å². The van der Waals surface area contributed by atoms with Gasteiger partial charge in [0.15, 0.2) is 6.35 Å². The highest BCUT2D eigenvalue weighted by atomic mass is 31.2. The van der Waals surface area contributed by atoms with E-state index >= 15 is 0 Å². The molecule has 0 aliphatic carbocycles. The summed E-state index contributed by atoms with van der Waals surface area (Å²) in [5.41, 5.74) is 0.690. The Bertz CT molecular complexity index is 709. The molecule has 2 unspecified atom stereocenters. The zero-order valence-corrected chi connectivity index (χ0v) is 18.5. The smallest absolute Gasteiger partial charge is 0.362 e. The molecule has 0 saturated carbocycles. The van der Waals surface area contributed by atoms with Crippen LogP contribution in [0.4, 0.5) is 0 Å². The first-order valence-electron chi connectivity index (χ1n) is 10.2. The van der Waals surface area contributed by atoms with Crippen molar-refractivity contribution < 1.29 is 23.8 Å². The topological polar surface area (TPSA) is 76.0 Å². The van der Waals surface area contributed by atoms with Crippen molar-refractivity contribution in [2.45, 2.75) is 71.8 Å². The molecule has 0 aromatic heterocycles. The number of fused-ring (bicyclic) bond motifs is 1. The van der Waals surface area contributed by atoms with Gasteiger partial charge in [-0.15, -0.1) is 0 Å². The third kappa shape index (κ3) is 7.98. The lowest BCUT2D eigenvalue weighted by Crippen LogP contribution is -2.34. The van der Waals surface area contributed by atoms with Crippen LogP contribution in [0.1, 0.15) is 65.4 Å². The number of benzene rings is 1. The van der Waals surface area contributed by atoms with Crippen LogP contribution < -0.4 is 9.47 Å². The van der Waals surface area contributed by atoms with Crippen LogP contribution in [0.5, 0.6) is 11.5 Å². The standard InChI is InChI=1S/C22H35O5P/c1-17(2)7-5-8-18(3)9-6-13-22(4)14-12-19-15-20(10-11-21(19)27-22)26-16-28(23,24)25/h6,10-11,13,15,17-18H,5,7-9,12,14,16H2,1-4H3,(H2,23,24,25)/b13-6+. The van der Waals surface area contributed by atoms with Gasteiger partial charge in [0.1, 0.15) is 17.1 Å². The summed E-state index contributed by atoms with van der Waals surface area (Å²) >= 11 is 0. The van der Waals surface area contributed by atoms with Gasteiger partial charge in [-0.1, -0.05) is 46.1 Å². The lowest BCUT2D eigenvalue weighted by Gasteiger charge is -2.33. The molecule has 1 aliphatic rings. The number of ether oxygens (including phenoxy) is 2. The van der Waals surface area contributed by atoms with Gasteiger partial charge in [0.2, 0.25) is 0 Å². The van der Waals surface area contributed by atoms with E-state index in [2.05, 4.69) is 39.8 Å². The zero-order chi connectivity index (χ0) is 20.8. The highest BCUT2D eigenvalue weighted by Gasteiger charge is 2.29. The highest BCUT2D eigenvalue weighted by Crippen LogP contribution is 2.38. The Hall–Kier alpha value is -1.29. The molecule has 6 heteroatoms. The fraction of sp³-hybridized carbons (Fsp3) is 0.636. The molecular weight excluding hydrogens is 375 g/mol. The number of hydrogen-bond donors (Lipinski definition) is 2. The van der Waals surface area contributed by atoms with Gasteiger partial charge < -0.3 is 19.3 Å². The van der Waals surface area contributed by atoms with Crippen LogP contribution in [0.3, 0.4) is 0 Å². The summed E-state index contributed by atoms with van der Waals surface area (Å²) in [4.78, 5) is 17.9. The summed E-state index contributed by atoms with van der Waals surface area (Å²) in [5.74, 6) is 2.73. The molecule has 0 fully saturated rings. The summed E-state index contributed by atoms with van der Waals surface area (Å²) in [7, 11) is -4.18. The normalized spacial score (nSPS) is 20.8. The maximum atomic E-state index is 11.0. The van der Waals surface area contributed by atoms with Crippen LogP contribution in [0.2, 0.25) is 0 Å². The molecule has 0 spiro atoms. The minimum Gasteiger partial charge on any atom is -0.483 e. The summed E-state index contributed by atoms with van der Waals surface area (Å²) in [6, 6.07) is 5.33. The van der Waals surface area contributed by atoms with E-state index in [1.807, 2.05) is 12.1 Å². The third-order valence-corrected chi connectivity index (χ3v) is 5.62. The molecule has 0 bridgehead atoms. The SMILES string of the molecule is CC(C)CCCC(C)C/C=C/C1(C)CCc2cc(OCP(=O)(O)O)ccc2O1. The first-order valence-corrected chi connectivity index (χ1v) is 12.0. The van der Waals surface area contributed by atoms with Crippen molar-refractivity contribution >= 4 is 7.60 Å². The second-order valence-corrected chi connectivity index (χ2v) is 10.3. The largest absolute Gasteiger partial charge is 0.483 e. The van der Waals surface area contributed by atoms with Gasteiger partial charge in [-0.2, -0.15) is 0 Å². The summed E-state index contributed by atoms with van der Waals surface area (Å²) in [6.45, 7) is 8.96. The minimum atomic E-state index is -4.18. The van der Waals surface area contributed by atoms with Crippen LogP contribution in [-0.2, 0) is 11.0 Å². The van der Waals surface area contributed by atoms with E-state index in [0.29, 0.717) is 11.7 Å². The Kier molecular flexibility index (Phi) is 8.18. The zero-order valence-electron chi connectivity index (χ0n) is 17.6. The minimum absolute atomic E-state index is 0.321. The molecule has 5 nitrogen and oxygen atoms in total. The monoisotopic (exact) mass is 410 g/mol. The third-order valence-electron chi connectivity index (χ3n) is 5.15. The van der Waals surface area contributed by atoms with Crippen LogP contribution in [0.25, 0.3) is 0 Å². The van der Waals surface area contributed by atoms with Gasteiger partial charge in [0.05, 0.1) is 0 Å². The van der Waals surface area contributed by atoms with Gasteiger partial charge in [-0.25, -0.2) is 0 Å². The van der Waals surface area contributed by atoms with Crippen molar-refractivity contribution in [3.63, 3.8) is 0 Å². The fourth-order valence-corrected chi connectivity index (χ4v) is 3.76. The number of allylic oxidation sites excluding steroid dienone is 1. The maximum absolute atomic E-state index is 11.0. The highest BCUT2D eigenvalue weighted by molar-refractivity contribution is 7.51. The van der Waals surface area contributed by atoms with E-state index in [1.54, 1.807) is 6.07 Å². The Morgan fingerprint density at radius 2 is 2.04 bits per heavy atom. The second kappa shape index (κ2) is 9.96. The van der Waals surface area contributed by atoms with Gasteiger partial charge in [-0.05, 0) is 67.9 Å². The van der Waals surface area contributed by atoms with Crippen LogP contribution in [-0.4, -0.2) is 21.7 Å². The summed E-state index contributed by atoms with van der Waals surface area (Å²) in [6.07, 6.45) is 10.5. The molecule has 1 aromatic carbocycles. The van der Waals surface area contributed by atoms with Crippen molar-refractivity contribution in [2.24, 2.45) is 11.8 Å². The van der Waals surface area contributed by atoms with Gasteiger partial charge >= 0.3 is 7.60 Å². The lowest BCUT2D eigenvalue weighted by atomic mass is 9.91. The average molecular weight is 410 g/mol. The van der Waals surface area contributed by atoms with E-state index in [9.17, 15) is 4.57 Å².